The molecular formula is C22H21FN4O2. The molecule has 0 atom stereocenters. The minimum Gasteiger partial charge on any atom is -0.378 e. The van der Waals surface area contributed by atoms with Crippen molar-refractivity contribution in [3.63, 3.8) is 0 Å². The normalized spacial score (nSPS) is 13.8. The van der Waals surface area contributed by atoms with E-state index >= 15 is 0 Å². The van der Waals surface area contributed by atoms with Crippen molar-refractivity contribution in [2.24, 2.45) is 0 Å². The zero-order chi connectivity index (χ0) is 20.1. The molecule has 0 radical (unpaired) electrons. The van der Waals surface area contributed by atoms with E-state index in [9.17, 15) is 9.18 Å². The Bertz CT molecular complexity index is 988. The van der Waals surface area contributed by atoms with Crippen LogP contribution in [0, 0.1) is 5.82 Å². The molecule has 148 valence electrons. The maximum atomic E-state index is 13.0. The number of rotatable bonds is 5. The van der Waals surface area contributed by atoms with Gasteiger partial charge in [0.05, 0.1) is 24.6 Å². The highest BCUT2D eigenvalue weighted by atomic mass is 19.1. The number of anilines is 4. The summed E-state index contributed by atoms with van der Waals surface area (Å²) in [5, 5.41) is 6.07. The number of aromatic nitrogens is 1. The monoisotopic (exact) mass is 392 g/mol. The van der Waals surface area contributed by atoms with Gasteiger partial charge in [0, 0.05) is 30.5 Å². The molecule has 0 saturated carbocycles. The van der Waals surface area contributed by atoms with Gasteiger partial charge < -0.3 is 20.3 Å². The fraction of sp³-hybridized carbons (Fsp3) is 0.182. The van der Waals surface area contributed by atoms with Gasteiger partial charge in [0.2, 0.25) is 0 Å². The van der Waals surface area contributed by atoms with Crippen LogP contribution in [0.25, 0.3) is 0 Å². The molecule has 3 aromatic rings. The third-order valence-corrected chi connectivity index (χ3v) is 4.64. The molecule has 0 aliphatic carbocycles. The SMILES string of the molecule is O=C(Nc1ccc(F)cc1)c1ccnc(Nc2ccccc2N2CCOCC2)c1. The summed E-state index contributed by atoms with van der Waals surface area (Å²) in [4.78, 5) is 19.1. The largest absolute Gasteiger partial charge is 0.378 e. The Labute approximate surface area is 168 Å². The van der Waals surface area contributed by atoms with E-state index in [-0.39, 0.29) is 11.7 Å². The van der Waals surface area contributed by atoms with E-state index in [0.29, 0.717) is 30.3 Å². The summed E-state index contributed by atoms with van der Waals surface area (Å²) in [6.07, 6.45) is 1.58. The number of nitrogens with zero attached hydrogens (tertiary/aromatic N) is 2. The summed E-state index contributed by atoms with van der Waals surface area (Å²) < 4.78 is 18.5. The lowest BCUT2D eigenvalue weighted by Crippen LogP contribution is -2.36. The molecule has 7 heteroatoms. The Hall–Kier alpha value is -3.45. The number of carbonyl (C=O) groups is 1. The second kappa shape index (κ2) is 8.70. The highest BCUT2D eigenvalue weighted by Gasteiger charge is 2.15. The minimum absolute atomic E-state index is 0.288. The fourth-order valence-electron chi connectivity index (χ4n) is 3.17. The first kappa shape index (κ1) is 18.9. The van der Waals surface area contributed by atoms with Crippen LogP contribution >= 0.6 is 0 Å². The first-order valence-electron chi connectivity index (χ1n) is 9.41. The van der Waals surface area contributed by atoms with Gasteiger partial charge in [-0.1, -0.05) is 12.1 Å². The van der Waals surface area contributed by atoms with Gasteiger partial charge in [0.1, 0.15) is 11.6 Å². The van der Waals surface area contributed by atoms with Gasteiger partial charge in [0.15, 0.2) is 0 Å². The van der Waals surface area contributed by atoms with Gasteiger partial charge in [-0.25, -0.2) is 9.37 Å². The summed E-state index contributed by atoms with van der Waals surface area (Å²) in [6, 6.07) is 17.0. The average Bonchev–Trinajstić information content (AvgIpc) is 2.76. The number of nitrogens with one attached hydrogen (secondary N) is 2. The number of pyridine rings is 1. The molecule has 29 heavy (non-hydrogen) atoms. The third-order valence-electron chi connectivity index (χ3n) is 4.64. The number of benzene rings is 2. The Morgan fingerprint density at radius 3 is 2.59 bits per heavy atom. The Morgan fingerprint density at radius 1 is 1.03 bits per heavy atom. The zero-order valence-corrected chi connectivity index (χ0v) is 15.8. The van der Waals surface area contributed by atoms with E-state index in [0.717, 1.165) is 24.5 Å². The van der Waals surface area contributed by atoms with Gasteiger partial charge in [-0.15, -0.1) is 0 Å². The molecule has 2 heterocycles. The molecule has 0 bridgehead atoms. The lowest BCUT2D eigenvalue weighted by atomic mass is 10.2. The quantitative estimate of drug-likeness (QED) is 0.686. The Balaban J connectivity index is 1.51. The van der Waals surface area contributed by atoms with Crippen molar-refractivity contribution in [2.45, 2.75) is 0 Å². The predicted molar refractivity (Wildman–Crippen MR) is 111 cm³/mol. The molecule has 0 spiro atoms. The van der Waals surface area contributed by atoms with Crippen molar-refractivity contribution in [1.82, 2.24) is 4.98 Å². The van der Waals surface area contributed by atoms with Crippen LogP contribution in [0.4, 0.5) is 27.3 Å². The fourth-order valence-corrected chi connectivity index (χ4v) is 3.17. The van der Waals surface area contributed by atoms with Crippen LogP contribution in [-0.2, 0) is 4.74 Å². The number of carbonyl (C=O) groups excluding carboxylic acids is 1. The van der Waals surface area contributed by atoms with Crippen LogP contribution in [0.3, 0.4) is 0 Å². The van der Waals surface area contributed by atoms with Gasteiger partial charge in [-0.05, 0) is 48.5 Å². The van der Waals surface area contributed by atoms with E-state index in [1.807, 2.05) is 18.2 Å². The molecule has 6 nitrogen and oxygen atoms in total. The van der Waals surface area contributed by atoms with Gasteiger partial charge >= 0.3 is 0 Å². The van der Waals surface area contributed by atoms with E-state index in [2.05, 4.69) is 26.6 Å². The van der Waals surface area contributed by atoms with Crippen LogP contribution in [0.15, 0.2) is 66.9 Å². The maximum absolute atomic E-state index is 13.0. The van der Waals surface area contributed by atoms with E-state index in [1.165, 1.54) is 24.3 Å². The van der Waals surface area contributed by atoms with Crippen LogP contribution in [0.2, 0.25) is 0 Å². The molecule has 1 aliphatic heterocycles. The standard InChI is InChI=1S/C22H21FN4O2/c23-17-5-7-18(8-6-17)25-22(28)16-9-10-24-21(15-16)26-19-3-1-2-4-20(19)27-11-13-29-14-12-27/h1-10,15H,11-14H2,(H,24,26)(H,25,28). The molecule has 0 unspecified atom stereocenters. The molecule has 1 aliphatic rings. The molecular weight excluding hydrogens is 371 g/mol. The summed E-state index contributed by atoms with van der Waals surface area (Å²) in [7, 11) is 0. The second-order valence-electron chi connectivity index (χ2n) is 6.63. The van der Waals surface area contributed by atoms with Crippen molar-refractivity contribution < 1.29 is 13.9 Å². The molecule has 2 N–H and O–H groups in total. The third kappa shape index (κ3) is 4.70. The molecule has 1 aromatic heterocycles. The highest BCUT2D eigenvalue weighted by Crippen LogP contribution is 2.29. The number of hydrogen-bond acceptors (Lipinski definition) is 5. The van der Waals surface area contributed by atoms with Crippen LogP contribution in [0.1, 0.15) is 10.4 Å². The summed E-state index contributed by atoms with van der Waals surface area (Å²) in [5.74, 6) is -0.0710. The minimum atomic E-state index is -0.350. The molecule has 1 fully saturated rings. The Morgan fingerprint density at radius 2 is 1.79 bits per heavy atom. The smallest absolute Gasteiger partial charge is 0.255 e. The van der Waals surface area contributed by atoms with Crippen LogP contribution in [-0.4, -0.2) is 37.2 Å². The van der Waals surface area contributed by atoms with E-state index in [4.69, 9.17) is 4.74 Å². The van der Waals surface area contributed by atoms with Gasteiger partial charge in [-0.2, -0.15) is 0 Å². The number of ether oxygens (including phenoxy) is 1. The highest BCUT2D eigenvalue weighted by molar-refractivity contribution is 6.04. The van der Waals surface area contributed by atoms with Crippen molar-refractivity contribution in [3.8, 4) is 0 Å². The number of halogens is 1. The zero-order valence-electron chi connectivity index (χ0n) is 15.8. The predicted octanol–water partition coefficient (Wildman–Crippen LogP) is 4.05. The van der Waals surface area contributed by atoms with Crippen LogP contribution < -0.4 is 15.5 Å². The van der Waals surface area contributed by atoms with Gasteiger partial charge in [0.25, 0.3) is 5.91 Å². The molecule has 2 aromatic carbocycles. The average molecular weight is 392 g/mol. The topological polar surface area (TPSA) is 66.5 Å². The first-order chi connectivity index (χ1) is 14.2. The number of morpholine rings is 1. The Kier molecular flexibility index (Phi) is 5.67. The molecule has 1 saturated heterocycles. The van der Waals surface area contributed by atoms with Crippen molar-refractivity contribution in [1.29, 1.82) is 0 Å². The van der Waals surface area contributed by atoms with Crippen LogP contribution in [0.5, 0.6) is 0 Å². The molecule has 4 rings (SSSR count). The van der Waals surface area contributed by atoms with E-state index in [1.54, 1.807) is 18.3 Å². The second-order valence-corrected chi connectivity index (χ2v) is 6.63. The number of para-hydroxylation sites is 2. The summed E-state index contributed by atoms with van der Waals surface area (Å²) in [5.41, 5.74) is 2.97. The van der Waals surface area contributed by atoms with Gasteiger partial charge in [-0.3, -0.25) is 4.79 Å². The summed E-state index contributed by atoms with van der Waals surface area (Å²) in [6.45, 7) is 3.05. The van der Waals surface area contributed by atoms with Crippen molar-refractivity contribution in [2.75, 3.05) is 41.8 Å². The van der Waals surface area contributed by atoms with Crippen molar-refractivity contribution >= 4 is 28.8 Å². The first-order valence-corrected chi connectivity index (χ1v) is 9.41. The number of hydrogen-bond donors (Lipinski definition) is 2. The van der Waals surface area contributed by atoms with Crippen molar-refractivity contribution in [3.05, 3.63) is 78.2 Å². The summed E-state index contributed by atoms with van der Waals surface area (Å²) >= 11 is 0. The lowest BCUT2D eigenvalue weighted by molar-refractivity contribution is 0.102. The number of amides is 1. The van der Waals surface area contributed by atoms with E-state index < -0.39 is 0 Å². The lowest BCUT2D eigenvalue weighted by Gasteiger charge is -2.30. The molecule has 1 amide bonds. The maximum Gasteiger partial charge on any atom is 0.255 e.